The van der Waals surface area contributed by atoms with Gasteiger partial charge < -0.3 is 14.2 Å². The van der Waals surface area contributed by atoms with Gasteiger partial charge in [-0.3, -0.25) is 4.79 Å². The molecule has 1 aromatic carbocycles. The lowest BCUT2D eigenvalue weighted by Gasteiger charge is -2.30. The van der Waals surface area contributed by atoms with Gasteiger partial charge in [0.2, 0.25) is 0 Å². The molecule has 1 fully saturated rings. The van der Waals surface area contributed by atoms with E-state index in [1.54, 1.807) is 6.07 Å². The summed E-state index contributed by atoms with van der Waals surface area (Å²) in [6.45, 7) is 6.53. The zero-order chi connectivity index (χ0) is 19.1. The molecule has 0 N–H and O–H groups in total. The summed E-state index contributed by atoms with van der Waals surface area (Å²) in [4.78, 5) is 23.6. The Labute approximate surface area is 170 Å². The molecule has 0 saturated carbocycles. The van der Waals surface area contributed by atoms with E-state index in [9.17, 15) is 4.79 Å². The van der Waals surface area contributed by atoms with E-state index in [1.807, 2.05) is 30.5 Å². The van der Waals surface area contributed by atoms with Crippen molar-refractivity contribution in [1.82, 2.24) is 14.5 Å². The van der Waals surface area contributed by atoms with Crippen molar-refractivity contribution in [3.8, 4) is 0 Å². The Balaban J connectivity index is 1.77. The summed E-state index contributed by atoms with van der Waals surface area (Å²) >= 11 is 13.5. The van der Waals surface area contributed by atoms with Gasteiger partial charge in [-0.2, -0.15) is 4.98 Å². The third-order valence-electron chi connectivity index (χ3n) is 4.54. The number of anilines is 1. The molecule has 1 aliphatic rings. The van der Waals surface area contributed by atoms with Crippen molar-refractivity contribution < 1.29 is 4.74 Å². The highest BCUT2D eigenvalue weighted by Gasteiger charge is 2.22. The number of hydrogen-bond donors (Lipinski definition) is 0. The van der Waals surface area contributed by atoms with Gasteiger partial charge in [-0.1, -0.05) is 40.6 Å². The van der Waals surface area contributed by atoms with Crippen molar-refractivity contribution in [1.29, 1.82) is 0 Å². The van der Waals surface area contributed by atoms with Crippen molar-refractivity contribution >= 4 is 50.0 Å². The average Bonchev–Trinajstić information content (AvgIpc) is 3.07. The molecule has 1 unspecified atom stereocenters. The Morgan fingerprint density at radius 3 is 2.85 bits per heavy atom. The number of nitrogens with zero attached hydrogens (tertiary/aromatic N) is 4. The van der Waals surface area contributed by atoms with Gasteiger partial charge in [0.1, 0.15) is 10.5 Å². The van der Waals surface area contributed by atoms with Crippen LogP contribution in [0.3, 0.4) is 0 Å². The van der Waals surface area contributed by atoms with E-state index in [-0.39, 0.29) is 11.7 Å². The first-order valence-corrected chi connectivity index (χ1v) is 10.2. The maximum Gasteiger partial charge on any atom is 0.292 e. The minimum absolute atomic E-state index is 0.140. The second kappa shape index (κ2) is 7.39. The number of rotatable bonds is 3. The van der Waals surface area contributed by atoms with E-state index in [4.69, 9.17) is 32.9 Å². The molecule has 0 aliphatic carbocycles. The number of aryl methyl sites for hydroxylation is 1. The molecular weight excluding hydrogens is 407 g/mol. The van der Waals surface area contributed by atoms with Gasteiger partial charge in [-0.15, -0.1) is 0 Å². The summed E-state index contributed by atoms with van der Waals surface area (Å²) in [5.41, 5.74) is 1.38. The minimum atomic E-state index is -0.238. The zero-order valence-electron chi connectivity index (χ0n) is 14.9. The first kappa shape index (κ1) is 18.7. The van der Waals surface area contributed by atoms with Crippen LogP contribution in [-0.4, -0.2) is 40.3 Å². The predicted molar refractivity (Wildman–Crippen MR) is 110 cm³/mol. The van der Waals surface area contributed by atoms with Crippen LogP contribution in [0.4, 0.5) is 5.13 Å². The average molecular weight is 425 g/mol. The third kappa shape index (κ3) is 3.69. The molecule has 1 saturated heterocycles. The number of benzene rings is 1. The Bertz CT molecular complexity index is 1070. The normalized spacial score (nSPS) is 17.6. The summed E-state index contributed by atoms with van der Waals surface area (Å²) < 4.78 is 8.11. The number of aromatic nitrogens is 3. The lowest BCUT2D eigenvalue weighted by molar-refractivity contribution is 0.0532. The van der Waals surface area contributed by atoms with Crippen LogP contribution in [0.25, 0.3) is 10.3 Å². The van der Waals surface area contributed by atoms with E-state index < -0.39 is 0 Å². The summed E-state index contributed by atoms with van der Waals surface area (Å²) in [5, 5.41) is 1.84. The Kier molecular flexibility index (Phi) is 5.11. The van der Waals surface area contributed by atoms with Crippen molar-refractivity contribution in [2.75, 3.05) is 24.6 Å². The number of halogens is 2. The molecule has 9 heteroatoms. The summed E-state index contributed by atoms with van der Waals surface area (Å²) in [5.74, 6) is 0.616. The van der Waals surface area contributed by atoms with Gasteiger partial charge >= 0.3 is 0 Å². The lowest BCUT2D eigenvalue weighted by Crippen LogP contribution is -2.41. The topological polar surface area (TPSA) is 60.3 Å². The van der Waals surface area contributed by atoms with Crippen molar-refractivity contribution in [3.63, 3.8) is 0 Å². The molecule has 4 rings (SSSR count). The van der Waals surface area contributed by atoms with E-state index in [1.165, 1.54) is 11.3 Å². The molecule has 27 heavy (non-hydrogen) atoms. The number of thiazole rings is 1. The fraction of sp³-hybridized carbons (Fsp3) is 0.389. The molecule has 3 aromatic rings. The van der Waals surface area contributed by atoms with Crippen LogP contribution in [0.2, 0.25) is 10.0 Å². The first-order valence-electron chi connectivity index (χ1n) is 8.61. The van der Waals surface area contributed by atoms with E-state index in [0.717, 1.165) is 23.8 Å². The largest absolute Gasteiger partial charge is 0.375 e. The zero-order valence-corrected chi connectivity index (χ0v) is 17.2. The number of morpholine rings is 1. The van der Waals surface area contributed by atoms with Crippen molar-refractivity contribution in [3.05, 3.63) is 50.0 Å². The van der Waals surface area contributed by atoms with Crippen LogP contribution in [0.15, 0.2) is 23.0 Å². The fourth-order valence-electron chi connectivity index (χ4n) is 3.17. The van der Waals surface area contributed by atoms with Gasteiger partial charge in [0, 0.05) is 13.1 Å². The smallest absolute Gasteiger partial charge is 0.292 e. The monoisotopic (exact) mass is 424 g/mol. The summed E-state index contributed by atoms with van der Waals surface area (Å²) in [6.07, 6.45) is 0.140. The van der Waals surface area contributed by atoms with Crippen LogP contribution in [0, 0.1) is 6.92 Å². The predicted octanol–water partition coefficient (Wildman–Crippen LogP) is 3.74. The highest BCUT2D eigenvalue weighted by Crippen LogP contribution is 2.29. The molecule has 0 amide bonds. The summed E-state index contributed by atoms with van der Waals surface area (Å²) in [6, 6.07) is 5.50. The fourth-order valence-corrected chi connectivity index (χ4v) is 4.48. The molecule has 1 aliphatic heterocycles. The van der Waals surface area contributed by atoms with Crippen LogP contribution >= 0.6 is 34.5 Å². The molecule has 0 bridgehead atoms. The molecule has 6 nitrogen and oxygen atoms in total. The summed E-state index contributed by atoms with van der Waals surface area (Å²) in [7, 11) is 0. The molecule has 3 heterocycles. The molecule has 2 aromatic heterocycles. The van der Waals surface area contributed by atoms with Gasteiger partial charge in [-0.25, -0.2) is 4.98 Å². The Morgan fingerprint density at radius 1 is 1.30 bits per heavy atom. The van der Waals surface area contributed by atoms with E-state index >= 15 is 0 Å². The molecule has 1 atom stereocenters. The molecule has 142 valence electrons. The van der Waals surface area contributed by atoms with Crippen LogP contribution in [0.5, 0.6) is 0 Å². The SMILES string of the molecule is Cc1nc(=O)c2sc(N3CCOC(C)C3)nc2n1Cc1ccc(Cl)c(Cl)c1. The van der Waals surface area contributed by atoms with E-state index in [2.05, 4.69) is 9.88 Å². The lowest BCUT2D eigenvalue weighted by atomic mass is 10.2. The first-order chi connectivity index (χ1) is 12.9. The maximum atomic E-state index is 12.4. The van der Waals surface area contributed by atoms with Gasteiger partial charge in [0.25, 0.3) is 5.56 Å². The molecule has 0 spiro atoms. The van der Waals surface area contributed by atoms with E-state index in [0.29, 0.717) is 39.4 Å². The maximum absolute atomic E-state index is 12.4. The minimum Gasteiger partial charge on any atom is -0.375 e. The second-order valence-corrected chi connectivity index (χ2v) is 8.37. The van der Waals surface area contributed by atoms with Gasteiger partial charge in [0.05, 0.1) is 29.3 Å². The van der Waals surface area contributed by atoms with Crippen LogP contribution in [0.1, 0.15) is 18.3 Å². The van der Waals surface area contributed by atoms with Crippen LogP contribution in [-0.2, 0) is 11.3 Å². The molecular formula is C18H18Cl2N4O2S. The quantitative estimate of drug-likeness (QED) is 0.640. The Morgan fingerprint density at radius 2 is 2.11 bits per heavy atom. The highest BCUT2D eigenvalue weighted by atomic mass is 35.5. The third-order valence-corrected chi connectivity index (χ3v) is 6.37. The highest BCUT2D eigenvalue weighted by molar-refractivity contribution is 7.22. The number of ether oxygens (including phenoxy) is 1. The Hall–Kier alpha value is -1.67. The number of fused-ring (bicyclic) bond motifs is 1. The second-order valence-electron chi connectivity index (χ2n) is 6.58. The number of hydrogen-bond acceptors (Lipinski definition) is 6. The van der Waals surface area contributed by atoms with Crippen molar-refractivity contribution in [2.45, 2.75) is 26.5 Å². The van der Waals surface area contributed by atoms with Crippen LogP contribution < -0.4 is 10.5 Å². The van der Waals surface area contributed by atoms with Crippen molar-refractivity contribution in [2.24, 2.45) is 0 Å². The molecule has 0 radical (unpaired) electrons. The standard InChI is InChI=1S/C18H18Cl2N4O2S/c1-10-8-23(5-6-26-10)18-22-16-15(27-18)17(25)21-11(2)24(16)9-12-3-4-13(19)14(20)7-12/h3-4,7,10H,5-6,8-9H2,1-2H3. The van der Waals surface area contributed by atoms with Gasteiger partial charge in [0.15, 0.2) is 10.8 Å². The van der Waals surface area contributed by atoms with Gasteiger partial charge in [-0.05, 0) is 31.5 Å².